The van der Waals surface area contributed by atoms with Gasteiger partial charge in [0.2, 0.25) is 0 Å². The van der Waals surface area contributed by atoms with Crippen molar-refractivity contribution >= 4 is 5.69 Å². The summed E-state index contributed by atoms with van der Waals surface area (Å²) >= 11 is 0. The fraction of sp³-hybridized carbons (Fsp3) is 0.571. The van der Waals surface area contributed by atoms with Gasteiger partial charge >= 0.3 is 0 Å². The van der Waals surface area contributed by atoms with E-state index in [0.29, 0.717) is 5.56 Å². The minimum Gasteiger partial charge on any atom is -0.345 e. The van der Waals surface area contributed by atoms with Crippen LogP contribution in [0.15, 0.2) is 18.2 Å². The third-order valence-corrected chi connectivity index (χ3v) is 3.41. The van der Waals surface area contributed by atoms with Crippen LogP contribution in [0, 0.1) is 17.0 Å². The zero-order chi connectivity index (χ0) is 14.0. The normalized spacial score (nSPS) is 27.2. The number of ether oxygens (including phenoxy) is 2. The third-order valence-electron chi connectivity index (χ3n) is 3.41. The lowest BCUT2D eigenvalue weighted by Gasteiger charge is -2.34. The maximum absolute atomic E-state index is 10.8. The van der Waals surface area contributed by atoms with Gasteiger partial charge in [-0.25, -0.2) is 0 Å². The van der Waals surface area contributed by atoms with Gasteiger partial charge in [-0.2, -0.15) is 0 Å². The molecule has 0 N–H and O–H groups in total. The van der Waals surface area contributed by atoms with Gasteiger partial charge in [-0.05, 0) is 38.8 Å². The monoisotopic (exact) mass is 265 g/mol. The molecule has 0 spiro atoms. The van der Waals surface area contributed by atoms with Gasteiger partial charge < -0.3 is 9.47 Å². The summed E-state index contributed by atoms with van der Waals surface area (Å²) in [7, 11) is 0. The fourth-order valence-electron chi connectivity index (χ4n) is 2.35. The van der Waals surface area contributed by atoms with Crippen LogP contribution in [0.25, 0.3) is 0 Å². The third kappa shape index (κ3) is 3.11. The van der Waals surface area contributed by atoms with Crippen molar-refractivity contribution in [2.75, 3.05) is 0 Å². The summed E-state index contributed by atoms with van der Waals surface area (Å²) in [5.74, 6) is 0. The summed E-state index contributed by atoms with van der Waals surface area (Å²) in [6.07, 6.45) is 1.73. The molecular formula is C14H19NO4. The Kier molecular flexibility index (Phi) is 4.17. The average molecular weight is 265 g/mol. The van der Waals surface area contributed by atoms with Crippen LogP contribution < -0.4 is 0 Å². The van der Waals surface area contributed by atoms with E-state index >= 15 is 0 Å². The molecule has 19 heavy (non-hydrogen) atoms. The minimum absolute atomic E-state index is 0.125. The summed E-state index contributed by atoms with van der Waals surface area (Å²) in [6.45, 7) is 5.84. The van der Waals surface area contributed by atoms with E-state index in [1.54, 1.807) is 19.1 Å². The Balaban J connectivity index is 2.21. The highest BCUT2D eigenvalue weighted by molar-refractivity contribution is 5.42. The number of rotatable bonds is 3. The van der Waals surface area contributed by atoms with Crippen molar-refractivity contribution in [3.8, 4) is 0 Å². The maximum Gasteiger partial charge on any atom is 0.272 e. The molecule has 1 aliphatic heterocycles. The Bertz CT molecular complexity index is 475. The first kappa shape index (κ1) is 14.0. The van der Waals surface area contributed by atoms with Gasteiger partial charge in [0.05, 0.1) is 17.1 Å². The second kappa shape index (κ2) is 5.67. The van der Waals surface area contributed by atoms with E-state index in [0.717, 1.165) is 18.4 Å². The predicted molar refractivity (Wildman–Crippen MR) is 70.9 cm³/mol. The summed E-state index contributed by atoms with van der Waals surface area (Å²) in [5, 5.41) is 10.8. The van der Waals surface area contributed by atoms with Crippen molar-refractivity contribution in [3.05, 3.63) is 39.4 Å². The summed E-state index contributed by atoms with van der Waals surface area (Å²) in [5.41, 5.74) is 1.59. The smallest absolute Gasteiger partial charge is 0.272 e. The lowest BCUT2D eigenvalue weighted by molar-refractivity contribution is -0.385. The molecule has 0 aromatic heterocycles. The molecule has 0 aliphatic carbocycles. The van der Waals surface area contributed by atoms with E-state index in [9.17, 15) is 10.1 Å². The lowest BCUT2D eigenvalue weighted by Crippen LogP contribution is -2.31. The van der Waals surface area contributed by atoms with Crippen LogP contribution in [-0.4, -0.2) is 17.1 Å². The van der Waals surface area contributed by atoms with Crippen molar-refractivity contribution < 1.29 is 14.4 Å². The first-order chi connectivity index (χ1) is 9.01. The molecule has 0 radical (unpaired) electrons. The molecule has 0 amide bonds. The van der Waals surface area contributed by atoms with E-state index < -0.39 is 6.29 Å². The van der Waals surface area contributed by atoms with E-state index in [2.05, 4.69) is 6.92 Å². The van der Waals surface area contributed by atoms with E-state index in [1.165, 1.54) is 6.07 Å². The van der Waals surface area contributed by atoms with Crippen molar-refractivity contribution in [1.29, 1.82) is 0 Å². The topological polar surface area (TPSA) is 61.6 Å². The van der Waals surface area contributed by atoms with Crippen LogP contribution in [0.4, 0.5) is 5.69 Å². The highest BCUT2D eigenvalue weighted by Crippen LogP contribution is 2.32. The largest absolute Gasteiger partial charge is 0.345 e. The number of nitro benzene ring substituents is 1. The van der Waals surface area contributed by atoms with Crippen LogP contribution in [0.1, 0.15) is 44.1 Å². The highest BCUT2D eigenvalue weighted by atomic mass is 16.7. The first-order valence-corrected chi connectivity index (χ1v) is 6.57. The van der Waals surface area contributed by atoms with Crippen LogP contribution in [0.2, 0.25) is 0 Å². The van der Waals surface area contributed by atoms with Gasteiger partial charge in [0, 0.05) is 17.2 Å². The number of aryl methyl sites for hydroxylation is 1. The summed E-state index contributed by atoms with van der Waals surface area (Å²) in [6, 6.07) is 4.99. The van der Waals surface area contributed by atoms with Crippen LogP contribution in [0.5, 0.6) is 0 Å². The molecule has 5 nitrogen and oxygen atoms in total. The molecule has 2 rings (SSSR count). The highest BCUT2D eigenvalue weighted by Gasteiger charge is 2.28. The minimum atomic E-state index is -0.423. The predicted octanol–water partition coefficient (Wildman–Crippen LogP) is 3.51. The molecule has 1 aromatic carbocycles. The molecule has 104 valence electrons. The SMILES string of the molecule is CCC1CC(C)OC(c2ccc([N+](=O)[O-])c(C)c2)O1. The van der Waals surface area contributed by atoms with Crippen molar-refractivity contribution in [2.24, 2.45) is 0 Å². The van der Waals surface area contributed by atoms with Gasteiger partial charge in [0.15, 0.2) is 6.29 Å². The molecule has 1 fully saturated rings. The first-order valence-electron chi connectivity index (χ1n) is 6.57. The molecule has 0 bridgehead atoms. The van der Waals surface area contributed by atoms with Crippen LogP contribution in [0.3, 0.4) is 0 Å². The lowest BCUT2D eigenvalue weighted by atomic mass is 10.1. The average Bonchev–Trinajstić information content (AvgIpc) is 2.37. The van der Waals surface area contributed by atoms with Gasteiger partial charge in [0.25, 0.3) is 5.69 Å². The molecular weight excluding hydrogens is 246 g/mol. The van der Waals surface area contributed by atoms with Crippen LogP contribution in [-0.2, 0) is 9.47 Å². The van der Waals surface area contributed by atoms with Crippen molar-refractivity contribution in [3.63, 3.8) is 0 Å². The zero-order valence-corrected chi connectivity index (χ0v) is 11.5. The van der Waals surface area contributed by atoms with E-state index in [4.69, 9.17) is 9.47 Å². The number of benzene rings is 1. The Labute approximate surface area is 112 Å². The Morgan fingerprint density at radius 2 is 2.16 bits per heavy atom. The number of nitro groups is 1. The Morgan fingerprint density at radius 1 is 1.42 bits per heavy atom. The molecule has 1 aromatic rings. The number of hydrogen-bond donors (Lipinski definition) is 0. The van der Waals surface area contributed by atoms with Gasteiger partial charge in [-0.1, -0.05) is 6.92 Å². The van der Waals surface area contributed by atoms with Crippen LogP contribution >= 0.6 is 0 Å². The van der Waals surface area contributed by atoms with Gasteiger partial charge in [-0.3, -0.25) is 10.1 Å². The maximum atomic E-state index is 10.8. The molecule has 1 heterocycles. The standard InChI is InChI=1S/C14H19NO4/c1-4-12-8-10(3)18-14(19-12)11-5-6-13(15(16)17)9(2)7-11/h5-7,10,12,14H,4,8H2,1-3H3. The Morgan fingerprint density at radius 3 is 2.74 bits per heavy atom. The molecule has 3 unspecified atom stereocenters. The van der Waals surface area contributed by atoms with E-state index in [1.807, 2.05) is 6.92 Å². The fourth-order valence-corrected chi connectivity index (χ4v) is 2.35. The second-order valence-electron chi connectivity index (χ2n) is 4.98. The summed E-state index contributed by atoms with van der Waals surface area (Å²) in [4.78, 5) is 10.4. The second-order valence-corrected chi connectivity index (χ2v) is 4.98. The molecule has 5 heteroatoms. The number of nitrogens with zero attached hydrogens (tertiary/aromatic N) is 1. The zero-order valence-electron chi connectivity index (χ0n) is 11.5. The molecule has 1 aliphatic rings. The van der Waals surface area contributed by atoms with Gasteiger partial charge in [-0.15, -0.1) is 0 Å². The van der Waals surface area contributed by atoms with Crippen molar-refractivity contribution in [1.82, 2.24) is 0 Å². The molecule has 3 atom stereocenters. The quantitative estimate of drug-likeness (QED) is 0.619. The summed E-state index contributed by atoms with van der Waals surface area (Å²) < 4.78 is 11.6. The van der Waals surface area contributed by atoms with E-state index in [-0.39, 0.29) is 22.8 Å². The molecule has 1 saturated heterocycles. The Hall–Kier alpha value is -1.46. The molecule has 0 saturated carbocycles. The van der Waals surface area contributed by atoms with Gasteiger partial charge in [0.1, 0.15) is 0 Å². The number of hydrogen-bond acceptors (Lipinski definition) is 4. The van der Waals surface area contributed by atoms with Crippen molar-refractivity contribution in [2.45, 2.75) is 52.1 Å².